The van der Waals surface area contributed by atoms with Crippen molar-refractivity contribution < 1.29 is 17.9 Å². The minimum absolute atomic E-state index is 0.260. The van der Waals surface area contributed by atoms with Gasteiger partial charge in [-0.05, 0) is 42.5 Å². The van der Waals surface area contributed by atoms with E-state index in [-0.39, 0.29) is 5.75 Å². The second-order valence-electron chi connectivity index (χ2n) is 4.44. The first-order chi connectivity index (χ1) is 9.92. The summed E-state index contributed by atoms with van der Waals surface area (Å²) in [6.45, 7) is 0.546. The monoisotopic (exact) mass is 313 g/mol. The molecular formula is C13H10F3N3OS. The van der Waals surface area contributed by atoms with Crippen LogP contribution in [0, 0.1) is 0 Å². The van der Waals surface area contributed by atoms with Crippen molar-refractivity contribution in [2.24, 2.45) is 0 Å². The van der Waals surface area contributed by atoms with Crippen LogP contribution in [0.25, 0.3) is 0 Å². The van der Waals surface area contributed by atoms with Gasteiger partial charge in [-0.25, -0.2) is 0 Å². The predicted octanol–water partition coefficient (Wildman–Crippen LogP) is 3.63. The van der Waals surface area contributed by atoms with Crippen LogP contribution < -0.4 is 15.0 Å². The lowest BCUT2D eigenvalue weighted by atomic mass is 10.2. The third kappa shape index (κ3) is 2.94. The van der Waals surface area contributed by atoms with Crippen molar-refractivity contribution in [3.8, 4) is 5.75 Å². The number of halogens is 3. The number of nitrogens with zero attached hydrogens (tertiary/aromatic N) is 1. The first-order valence-corrected chi connectivity index (χ1v) is 6.44. The molecule has 3 rings (SSSR count). The van der Waals surface area contributed by atoms with Crippen molar-refractivity contribution in [2.45, 2.75) is 12.9 Å². The summed E-state index contributed by atoms with van der Waals surface area (Å²) in [4.78, 5) is 4.82. The van der Waals surface area contributed by atoms with Crippen LogP contribution in [0.1, 0.15) is 5.56 Å². The molecule has 0 bridgehead atoms. The first-order valence-electron chi connectivity index (χ1n) is 6.03. The molecule has 1 aromatic heterocycles. The molecule has 0 aliphatic carbocycles. The number of fused-ring (bicyclic) bond motifs is 1. The maximum Gasteiger partial charge on any atom is 0.573 e. The summed E-state index contributed by atoms with van der Waals surface area (Å²) in [5, 5.41) is 3.51. The number of hydrogen-bond acceptors (Lipinski definition) is 2. The molecule has 0 saturated heterocycles. The van der Waals surface area contributed by atoms with Crippen molar-refractivity contribution in [1.29, 1.82) is 0 Å². The minimum atomic E-state index is -4.69. The zero-order valence-electron chi connectivity index (χ0n) is 10.6. The number of anilines is 2. The summed E-state index contributed by atoms with van der Waals surface area (Å²) in [5.74, 6) is 0.581. The standard InChI is InChI=1S/C13H10F3N3OS/c14-13(15,16)20-10-3-1-9(2-4-10)19-7-8-5-6-17-11(8)18-12(19)21/h1-6,17H,7H2,(H,18,21). The average Bonchev–Trinajstić information content (AvgIpc) is 2.84. The summed E-state index contributed by atoms with van der Waals surface area (Å²) in [6, 6.07) is 7.51. The highest BCUT2D eigenvalue weighted by atomic mass is 32.1. The predicted molar refractivity (Wildman–Crippen MR) is 76.3 cm³/mol. The first kappa shape index (κ1) is 13.7. The number of ether oxygens (including phenoxy) is 1. The Morgan fingerprint density at radius 3 is 2.52 bits per heavy atom. The number of thiocarbonyl (C=S) groups is 1. The Bertz CT molecular complexity index is 666. The Kier molecular flexibility index (Phi) is 3.25. The van der Waals surface area contributed by atoms with Gasteiger partial charge in [0.05, 0.1) is 6.54 Å². The number of benzene rings is 1. The third-order valence-electron chi connectivity index (χ3n) is 3.02. The van der Waals surface area contributed by atoms with Crippen LogP contribution in [-0.4, -0.2) is 16.5 Å². The average molecular weight is 313 g/mol. The molecule has 8 heteroatoms. The molecule has 1 aliphatic heterocycles. The van der Waals surface area contributed by atoms with Gasteiger partial charge in [0.15, 0.2) is 5.11 Å². The third-order valence-corrected chi connectivity index (χ3v) is 3.34. The van der Waals surface area contributed by atoms with Crippen molar-refractivity contribution in [3.63, 3.8) is 0 Å². The molecule has 2 N–H and O–H groups in total. The minimum Gasteiger partial charge on any atom is -0.406 e. The Hall–Kier alpha value is -2.22. The summed E-state index contributed by atoms with van der Waals surface area (Å²) in [5.41, 5.74) is 1.72. The maximum absolute atomic E-state index is 12.1. The number of hydrogen-bond donors (Lipinski definition) is 2. The van der Waals surface area contributed by atoms with Crippen LogP contribution in [-0.2, 0) is 6.54 Å². The van der Waals surface area contributed by atoms with Gasteiger partial charge in [0, 0.05) is 17.4 Å². The lowest BCUT2D eigenvalue weighted by Gasteiger charge is -2.30. The number of rotatable bonds is 2. The number of aromatic nitrogens is 1. The van der Waals surface area contributed by atoms with E-state index in [0.717, 1.165) is 11.4 Å². The van der Waals surface area contributed by atoms with Gasteiger partial charge in [0.25, 0.3) is 0 Å². The molecular weight excluding hydrogens is 303 g/mol. The van der Waals surface area contributed by atoms with Gasteiger partial charge >= 0.3 is 6.36 Å². The van der Waals surface area contributed by atoms with E-state index in [2.05, 4.69) is 15.0 Å². The van der Waals surface area contributed by atoms with Crippen LogP contribution in [0.3, 0.4) is 0 Å². The van der Waals surface area contributed by atoms with Crippen LogP contribution in [0.15, 0.2) is 36.5 Å². The summed E-state index contributed by atoms with van der Waals surface area (Å²) in [7, 11) is 0. The Morgan fingerprint density at radius 2 is 1.86 bits per heavy atom. The highest BCUT2D eigenvalue weighted by Crippen LogP contribution is 2.29. The highest BCUT2D eigenvalue weighted by molar-refractivity contribution is 7.80. The molecule has 0 amide bonds. The van der Waals surface area contributed by atoms with Gasteiger partial charge in [-0.1, -0.05) is 0 Å². The van der Waals surface area contributed by atoms with E-state index in [1.54, 1.807) is 11.1 Å². The molecule has 2 aromatic rings. The zero-order chi connectivity index (χ0) is 15.0. The largest absolute Gasteiger partial charge is 0.573 e. The summed E-state index contributed by atoms with van der Waals surface area (Å²) >= 11 is 5.26. The number of aromatic amines is 1. The quantitative estimate of drug-likeness (QED) is 0.831. The van der Waals surface area contributed by atoms with Gasteiger partial charge < -0.3 is 19.9 Å². The topological polar surface area (TPSA) is 40.3 Å². The Balaban J connectivity index is 1.80. The van der Waals surface area contributed by atoms with E-state index < -0.39 is 6.36 Å². The van der Waals surface area contributed by atoms with Crippen molar-refractivity contribution >= 4 is 28.8 Å². The lowest BCUT2D eigenvalue weighted by Crippen LogP contribution is -2.38. The fraction of sp³-hybridized carbons (Fsp3) is 0.154. The van der Waals surface area contributed by atoms with Gasteiger partial charge in [-0.2, -0.15) is 0 Å². The molecule has 4 nitrogen and oxygen atoms in total. The fourth-order valence-electron chi connectivity index (χ4n) is 2.10. The van der Waals surface area contributed by atoms with E-state index in [1.165, 1.54) is 24.3 Å². The van der Waals surface area contributed by atoms with E-state index in [0.29, 0.717) is 17.3 Å². The number of H-pyrrole nitrogens is 1. The van der Waals surface area contributed by atoms with E-state index in [1.807, 2.05) is 6.07 Å². The molecule has 1 aromatic carbocycles. The molecule has 0 unspecified atom stereocenters. The molecule has 110 valence electrons. The number of alkyl halides is 3. The zero-order valence-corrected chi connectivity index (χ0v) is 11.4. The number of nitrogens with one attached hydrogen (secondary N) is 2. The second-order valence-corrected chi connectivity index (χ2v) is 4.82. The van der Waals surface area contributed by atoms with Gasteiger partial charge in [-0.3, -0.25) is 0 Å². The highest BCUT2D eigenvalue weighted by Gasteiger charge is 2.31. The van der Waals surface area contributed by atoms with Gasteiger partial charge in [0.1, 0.15) is 11.6 Å². The van der Waals surface area contributed by atoms with Gasteiger partial charge in [0.2, 0.25) is 0 Å². The Morgan fingerprint density at radius 1 is 1.14 bits per heavy atom. The summed E-state index contributed by atoms with van der Waals surface area (Å²) in [6.07, 6.45) is -2.90. The van der Waals surface area contributed by atoms with Crippen LogP contribution >= 0.6 is 12.2 Å². The van der Waals surface area contributed by atoms with Crippen molar-refractivity contribution in [3.05, 3.63) is 42.1 Å². The molecule has 21 heavy (non-hydrogen) atoms. The molecule has 2 heterocycles. The maximum atomic E-state index is 12.1. The van der Waals surface area contributed by atoms with Crippen LogP contribution in [0.4, 0.5) is 24.7 Å². The van der Waals surface area contributed by atoms with Crippen LogP contribution in [0.2, 0.25) is 0 Å². The molecule has 0 atom stereocenters. The van der Waals surface area contributed by atoms with E-state index >= 15 is 0 Å². The van der Waals surface area contributed by atoms with Gasteiger partial charge in [-0.15, -0.1) is 13.2 Å². The molecule has 0 spiro atoms. The van der Waals surface area contributed by atoms with Crippen LogP contribution in [0.5, 0.6) is 5.75 Å². The fourth-order valence-corrected chi connectivity index (χ4v) is 2.37. The van der Waals surface area contributed by atoms with E-state index in [9.17, 15) is 13.2 Å². The molecule has 0 fully saturated rings. The molecule has 0 radical (unpaired) electrons. The van der Waals surface area contributed by atoms with Crippen molar-refractivity contribution in [1.82, 2.24) is 4.98 Å². The van der Waals surface area contributed by atoms with E-state index in [4.69, 9.17) is 12.2 Å². The SMILES string of the molecule is FC(F)(F)Oc1ccc(N2Cc3cc[nH]c3NC2=S)cc1. The smallest absolute Gasteiger partial charge is 0.406 e. The van der Waals surface area contributed by atoms with Crippen molar-refractivity contribution in [2.75, 3.05) is 10.2 Å². The lowest BCUT2D eigenvalue weighted by molar-refractivity contribution is -0.274. The Labute approximate surface area is 123 Å². The second kappa shape index (κ2) is 4.96. The normalized spacial score (nSPS) is 14.6. The molecule has 1 aliphatic rings. The summed E-state index contributed by atoms with van der Waals surface area (Å²) < 4.78 is 40.2. The molecule has 0 saturated carbocycles.